The first kappa shape index (κ1) is 13.3. The molecule has 1 heterocycles. The van der Waals surface area contributed by atoms with Crippen molar-refractivity contribution >= 4 is 5.78 Å². The molecule has 1 aromatic rings. The van der Waals surface area contributed by atoms with Gasteiger partial charge in [-0.2, -0.15) is 0 Å². The van der Waals surface area contributed by atoms with Crippen LogP contribution in [0.5, 0.6) is 0 Å². The number of aryl methyl sites for hydroxylation is 2. The van der Waals surface area contributed by atoms with Gasteiger partial charge in [-0.05, 0) is 12.8 Å². The molecule has 2 rings (SSSR count). The van der Waals surface area contributed by atoms with Crippen LogP contribution in [-0.4, -0.2) is 28.0 Å². The first-order valence-corrected chi connectivity index (χ1v) is 6.72. The van der Waals surface area contributed by atoms with E-state index < -0.39 is 5.60 Å². The minimum absolute atomic E-state index is 0.243. The third-order valence-corrected chi connectivity index (χ3v) is 4.06. The lowest BCUT2D eigenvalue weighted by molar-refractivity contribution is -0.145. The number of rotatable bonds is 5. The number of methoxy groups -OCH3 is 1. The summed E-state index contributed by atoms with van der Waals surface area (Å²) in [5.74, 6) is 1.21. The van der Waals surface area contributed by atoms with E-state index in [9.17, 15) is 4.79 Å². The Kier molecular flexibility index (Phi) is 4.17. The molecule has 18 heavy (non-hydrogen) atoms. The molecule has 0 aliphatic heterocycles. The van der Waals surface area contributed by atoms with Gasteiger partial charge in [0.2, 0.25) is 0 Å². The molecular formula is C14H22N2O2. The number of carbonyl (C=O) groups excluding carboxylic acids is 1. The summed E-state index contributed by atoms with van der Waals surface area (Å²) < 4.78 is 7.53. The van der Waals surface area contributed by atoms with Crippen molar-refractivity contribution in [2.24, 2.45) is 7.05 Å². The summed E-state index contributed by atoms with van der Waals surface area (Å²) in [7, 11) is 3.63. The van der Waals surface area contributed by atoms with Crippen LogP contribution in [-0.2, 0) is 23.0 Å². The highest BCUT2D eigenvalue weighted by Crippen LogP contribution is 2.33. The van der Waals surface area contributed by atoms with E-state index in [4.69, 9.17) is 4.74 Å². The number of aromatic nitrogens is 2. The molecule has 0 spiro atoms. The molecular weight excluding hydrogens is 228 g/mol. The number of hydrogen-bond donors (Lipinski definition) is 0. The van der Waals surface area contributed by atoms with Crippen molar-refractivity contribution in [2.45, 2.75) is 50.5 Å². The van der Waals surface area contributed by atoms with Crippen molar-refractivity contribution in [3.8, 4) is 0 Å². The van der Waals surface area contributed by atoms with Crippen LogP contribution < -0.4 is 0 Å². The fourth-order valence-electron chi connectivity index (χ4n) is 2.81. The average Bonchev–Trinajstić information content (AvgIpc) is 2.82. The predicted molar refractivity (Wildman–Crippen MR) is 69.4 cm³/mol. The maximum absolute atomic E-state index is 12.4. The molecule has 0 atom stereocenters. The number of imidazole rings is 1. The minimum Gasteiger partial charge on any atom is -0.370 e. The SMILES string of the molecule is COC1(C(=O)CCc2nccn2C)CCCCC1. The smallest absolute Gasteiger partial charge is 0.165 e. The Balaban J connectivity index is 1.96. The number of ether oxygens (including phenoxy) is 1. The second-order valence-corrected chi connectivity index (χ2v) is 5.14. The summed E-state index contributed by atoms with van der Waals surface area (Å²) >= 11 is 0. The number of carbonyl (C=O) groups is 1. The van der Waals surface area contributed by atoms with Gasteiger partial charge in [-0.25, -0.2) is 4.98 Å². The summed E-state index contributed by atoms with van der Waals surface area (Å²) in [6, 6.07) is 0. The Labute approximate surface area is 108 Å². The largest absolute Gasteiger partial charge is 0.370 e. The zero-order valence-corrected chi connectivity index (χ0v) is 11.3. The van der Waals surface area contributed by atoms with Crippen molar-refractivity contribution < 1.29 is 9.53 Å². The molecule has 0 bridgehead atoms. The van der Waals surface area contributed by atoms with Crippen molar-refractivity contribution in [1.29, 1.82) is 0 Å². The topological polar surface area (TPSA) is 44.1 Å². The first-order chi connectivity index (χ1) is 8.68. The van der Waals surface area contributed by atoms with E-state index in [0.29, 0.717) is 12.8 Å². The number of nitrogens with zero attached hydrogens (tertiary/aromatic N) is 2. The fourth-order valence-corrected chi connectivity index (χ4v) is 2.81. The second kappa shape index (κ2) is 5.65. The van der Waals surface area contributed by atoms with Crippen molar-refractivity contribution in [1.82, 2.24) is 9.55 Å². The fraction of sp³-hybridized carbons (Fsp3) is 0.714. The molecule has 1 fully saturated rings. The van der Waals surface area contributed by atoms with Crippen molar-refractivity contribution in [3.63, 3.8) is 0 Å². The minimum atomic E-state index is -0.511. The van der Waals surface area contributed by atoms with Crippen LogP contribution in [0.25, 0.3) is 0 Å². The molecule has 1 saturated carbocycles. The highest BCUT2D eigenvalue weighted by Gasteiger charge is 2.38. The van der Waals surface area contributed by atoms with E-state index in [-0.39, 0.29) is 5.78 Å². The predicted octanol–water partition coefficient (Wildman–Crippen LogP) is 2.27. The van der Waals surface area contributed by atoms with E-state index >= 15 is 0 Å². The van der Waals surface area contributed by atoms with Crippen LogP contribution in [0.3, 0.4) is 0 Å². The van der Waals surface area contributed by atoms with E-state index in [1.165, 1.54) is 6.42 Å². The average molecular weight is 250 g/mol. The molecule has 0 radical (unpaired) electrons. The monoisotopic (exact) mass is 250 g/mol. The van der Waals surface area contributed by atoms with Gasteiger partial charge >= 0.3 is 0 Å². The van der Waals surface area contributed by atoms with Crippen LogP contribution in [0, 0.1) is 0 Å². The Morgan fingerprint density at radius 2 is 2.17 bits per heavy atom. The van der Waals surface area contributed by atoms with Crippen LogP contribution in [0.15, 0.2) is 12.4 Å². The number of ketones is 1. The molecule has 0 unspecified atom stereocenters. The lowest BCUT2D eigenvalue weighted by atomic mass is 9.80. The maximum Gasteiger partial charge on any atom is 0.165 e. The van der Waals surface area contributed by atoms with Gasteiger partial charge in [-0.3, -0.25) is 4.79 Å². The van der Waals surface area contributed by atoms with Crippen LogP contribution >= 0.6 is 0 Å². The van der Waals surface area contributed by atoms with Gasteiger partial charge in [0.1, 0.15) is 11.4 Å². The number of Topliss-reactive ketones (excluding diaryl/α,β-unsaturated/α-hetero) is 1. The Hall–Kier alpha value is -1.16. The zero-order chi connectivity index (χ0) is 13.0. The Morgan fingerprint density at radius 3 is 2.72 bits per heavy atom. The molecule has 1 aliphatic rings. The van der Waals surface area contributed by atoms with E-state index in [1.54, 1.807) is 13.3 Å². The summed E-state index contributed by atoms with van der Waals surface area (Å²) in [4.78, 5) is 16.6. The summed E-state index contributed by atoms with van der Waals surface area (Å²) in [5, 5.41) is 0. The molecule has 4 nitrogen and oxygen atoms in total. The van der Waals surface area contributed by atoms with Crippen LogP contribution in [0.1, 0.15) is 44.3 Å². The third kappa shape index (κ3) is 2.64. The summed E-state index contributed by atoms with van der Waals surface area (Å²) in [5.41, 5.74) is -0.511. The maximum atomic E-state index is 12.4. The van der Waals surface area contributed by atoms with Crippen molar-refractivity contribution in [2.75, 3.05) is 7.11 Å². The highest BCUT2D eigenvalue weighted by atomic mass is 16.5. The highest BCUT2D eigenvalue weighted by molar-refractivity contribution is 5.87. The third-order valence-electron chi connectivity index (χ3n) is 4.06. The molecule has 1 aliphatic carbocycles. The molecule has 100 valence electrons. The van der Waals surface area contributed by atoms with Crippen molar-refractivity contribution in [3.05, 3.63) is 18.2 Å². The Bertz CT molecular complexity index is 406. The van der Waals surface area contributed by atoms with Gasteiger partial charge in [0.05, 0.1) is 0 Å². The first-order valence-electron chi connectivity index (χ1n) is 6.72. The van der Waals surface area contributed by atoms with Crippen LogP contribution in [0.4, 0.5) is 0 Å². The van der Waals surface area contributed by atoms with Crippen LogP contribution in [0.2, 0.25) is 0 Å². The Morgan fingerprint density at radius 1 is 1.44 bits per heavy atom. The van der Waals surface area contributed by atoms with E-state index in [2.05, 4.69) is 4.98 Å². The molecule has 0 N–H and O–H groups in total. The lowest BCUT2D eigenvalue weighted by Crippen LogP contribution is -2.42. The normalized spacial score (nSPS) is 18.8. The molecule has 0 aromatic carbocycles. The van der Waals surface area contributed by atoms with E-state index in [1.807, 2.05) is 17.8 Å². The lowest BCUT2D eigenvalue weighted by Gasteiger charge is -2.34. The van der Waals surface area contributed by atoms with E-state index in [0.717, 1.165) is 31.5 Å². The number of hydrogen-bond acceptors (Lipinski definition) is 3. The standard InChI is InChI=1S/C14H22N2O2/c1-16-11-10-15-13(16)7-6-12(17)14(18-2)8-4-3-5-9-14/h10-11H,3-9H2,1-2H3. The molecule has 0 saturated heterocycles. The summed E-state index contributed by atoms with van der Waals surface area (Å²) in [6.45, 7) is 0. The quantitative estimate of drug-likeness (QED) is 0.805. The van der Waals surface area contributed by atoms with Gasteiger partial charge in [0.25, 0.3) is 0 Å². The molecule has 0 amide bonds. The summed E-state index contributed by atoms with van der Waals surface area (Å²) in [6.07, 6.45) is 10.1. The van der Waals surface area contributed by atoms with Gasteiger partial charge in [-0.1, -0.05) is 19.3 Å². The molecule has 1 aromatic heterocycles. The van der Waals surface area contributed by atoms with Gasteiger partial charge in [-0.15, -0.1) is 0 Å². The van der Waals surface area contributed by atoms with Gasteiger partial charge < -0.3 is 9.30 Å². The van der Waals surface area contributed by atoms with Gasteiger partial charge in [0, 0.05) is 39.4 Å². The van der Waals surface area contributed by atoms with Gasteiger partial charge in [0.15, 0.2) is 5.78 Å². The second-order valence-electron chi connectivity index (χ2n) is 5.14. The zero-order valence-electron chi connectivity index (χ0n) is 11.3. The molecule has 4 heteroatoms.